The highest BCUT2D eigenvalue weighted by Gasteiger charge is 2.35. The zero-order chi connectivity index (χ0) is 14.5. The molecule has 0 spiro atoms. The standard InChI is InChI=1S/C12H16F3NO3/c1-3-18-9(2)11(17)16(8-12(13,14)15)7-10-5-4-6-19-10/h4-6,9H,3,7-8H2,1-2H3. The van der Waals surface area contributed by atoms with Crippen molar-refractivity contribution in [1.29, 1.82) is 0 Å². The van der Waals surface area contributed by atoms with Gasteiger partial charge in [-0.15, -0.1) is 0 Å². The van der Waals surface area contributed by atoms with Crippen molar-refractivity contribution in [1.82, 2.24) is 4.90 Å². The van der Waals surface area contributed by atoms with Gasteiger partial charge < -0.3 is 14.1 Å². The molecule has 1 aromatic heterocycles. The fourth-order valence-corrected chi connectivity index (χ4v) is 1.60. The van der Waals surface area contributed by atoms with Crippen LogP contribution in [-0.4, -0.2) is 36.2 Å². The van der Waals surface area contributed by atoms with Crippen molar-refractivity contribution in [2.24, 2.45) is 0 Å². The maximum atomic E-state index is 12.5. The van der Waals surface area contributed by atoms with E-state index in [-0.39, 0.29) is 13.2 Å². The normalized spacial score (nSPS) is 13.3. The lowest BCUT2D eigenvalue weighted by atomic mass is 10.3. The third-order valence-electron chi connectivity index (χ3n) is 2.37. The zero-order valence-electron chi connectivity index (χ0n) is 10.7. The van der Waals surface area contributed by atoms with E-state index in [1.165, 1.54) is 19.3 Å². The minimum atomic E-state index is -4.46. The summed E-state index contributed by atoms with van der Waals surface area (Å²) in [6, 6.07) is 3.07. The summed E-state index contributed by atoms with van der Waals surface area (Å²) in [6.07, 6.45) is -4.03. The molecule has 0 aliphatic heterocycles. The fraction of sp³-hybridized carbons (Fsp3) is 0.583. The number of halogens is 3. The number of furan rings is 1. The van der Waals surface area contributed by atoms with Crippen molar-refractivity contribution in [2.45, 2.75) is 32.7 Å². The smallest absolute Gasteiger partial charge is 0.406 e. The van der Waals surface area contributed by atoms with E-state index in [1.54, 1.807) is 13.0 Å². The second kappa shape index (κ2) is 6.60. The number of ether oxygens (including phenoxy) is 1. The maximum Gasteiger partial charge on any atom is 0.406 e. The van der Waals surface area contributed by atoms with Crippen LogP contribution in [0.1, 0.15) is 19.6 Å². The molecule has 0 aromatic carbocycles. The van der Waals surface area contributed by atoms with Crippen LogP contribution in [0.5, 0.6) is 0 Å². The lowest BCUT2D eigenvalue weighted by Crippen LogP contribution is -2.43. The molecule has 0 bridgehead atoms. The van der Waals surface area contributed by atoms with Crippen LogP contribution in [0, 0.1) is 0 Å². The van der Waals surface area contributed by atoms with Gasteiger partial charge in [0.1, 0.15) is 18.4 Å². The van der Waals surface area contributed by atoms with Crippen molar-refractivity contribution in [3.8, 4) is 0 Å². The highest BCUT2D eigenvalue weighted by molar-refractivity contribution is 5.80. The van der Waals surface area contributed by atoms with Crippen LogP contribution in [0.2, 0.25) is 0 Å². The zero-order valence-corrected chi connectivity index (χ0v) is 10.7. The van der Waals surface area contributed by atoms with Crippen molar-refractivity contribution in [3.05, 3.63) is 24.2 Å². The molecule has 1 rings (SSSR count). The third kappa shape index (κ3) is 5.34. The number of hydrogen-bond acceptors (Lipinski definition) is 3. The third-order valence-corrected chi connectivity index (χ3v) is 2.37. The molecule has 108 valence electrons. The minimum absolute atomic E-state index is 0.233. The van der Waals surface area contributed by atoms with E-state index in [2.05, 4.69) is 0 Å². The lowest BCUT2D eigenvalue weighted by Gasteiger charge is -2.25. The Labute approximate surface area is 109 Å². The molecule has 0 saturated carbocycles. The summed E-state index contributed by atoms with van der Waals surface area (Å²) in [6.45, 7) is 1.79. The van der Waals surface area contributed by atoms with Crippen molar-refractivity contribution >= 4 is 5.91 Å². The van der Waals surface area contributed by atoms with E-state index in [0.717, 1.165) is 0 Å². The average Bonchev–Trinajstić information content (AvgIpc) is 2.78. The second-order valence-corrected chi connectivity index (χ2v) is 3.99. The summed E-state index contributed by atoms with van der Waals surface area (Å²) in [7, 11) is 0. The Morgan fingerprint density at radius 2 is 2.21 bits per heavy atom. The van der Waals surface area contributed by atoms with Gasteiger partial charge in [0.05, 0.1) is 12.8 Å². The van der Waals surface area contributed by atoms with E-state index in [0.29, 0.717) is 10.7 Å². The number of carbonyl (C=O) groups is 1. The molecule has 0 saturated heterocycles. The summed E-state index contributed by atoms with van der Waals surface area (Å²) in [5.41, 5.74) is 0. The van der Waals surface area contributed by atoms with Gasteiger partial charge >= 0.3 is 6.18 Å². The number of amides is 1. The van der Waals surface area contributed by atoms with E-state index in [4.69, 9.17) is 9.15 Å². The lowest BCUT2D eigenvalue weighted by molar-refractivity contribution is -0.169. The van der Waals surface area contributed by atoms with Gasteiger partial charge in [0.25, 0.3) is 5.91 Å². The molecule has 1 aromatic rings. The van der Waals surface area contributed by atoms with Crippen LogP contribution in [0.4, 0.5) is 13.2 Å². The summed E-state index contributed by atoms with van der Waals surface area (Å²) in [5.74, 6) is -0.420. The number of carbonyl (C=O) groups excluding carboxylic acids is 1. The molecule has 19 heavy (non-hydrogen) atoms. The molecule has 0 aliphatic rings. The van der Waals surface area contributed by atoms with Gasteiger partial charge in [0.15, 0.2) is 0 Å². The van der Waals surface area contributed by atoms with Gasteiger partial charge in [0, 0.05) is 6.61 Å². The fourth-order valence-electron chi connectivity index (χ4n) is 1.60. The topological polar surface area (TPSA) is 42.7 Å². The Bertz CT molecular complexity index is 389. The number of alkyl halides is 3. The van der Waals surface area contributed by atoms with Crippen LogP contribution in [0.3, 0.4) is 0 Å². The summed E-state index contributed by atoms with van der Waals surface area (Å²) in [5, 5.41) is 0. The Balaban J connectivity index is 2.76. The monoisotopic (exact) mass is 279 g/mol. The second-order valence-electron chi connectivity index (χ2n) is 3.99. The Hall–Kier alpha value is -1.50. The molecule has 1 unspecified atom stereocenters. The summed E-state index contributed by atoms with van der Waals surface area (Å²) in [4.78, 5) is 12.6. The maximum absolute atomic E-state index is 12.5. The van der Waals surface area contributed by atoms with E-state index in [9.17, 15) is 18.0 Å². The summed E-state index contributed by atoms with van der Waals surface area (Å²) >= 11 is 0. The quantitative estimate of drug-likeness (QED) is 0.804. The SMILES string of the molecule is CCOC(C)C(=O)N(Cc1ccco1)CC(F)(F)F. The van der Waals surface area contributed by atoms with Crippen LogP contribution < -0.4 is 0 Å². The van der Waals surface area contributed by atoms with Crippen LogP contribution in [0.15, 0.2) is 22.8 Å². The molecular formula is C12H16F3NO3. The van der Waals surface area contributed by atoms with Gasteiger partial charge in [-0.2, -0.15) is 13.2 Å². The van der Waals surface area contributed by atoms with Gasteiger partial charge in [-0.25, -0.2) is 0 Å². The molecule has 1 amide bonds. The molecule has 0 N–H and O–H groups in total. The van der Waals surface area contributed by atoms with Crippen LogP contribution in [0.25, 0.3) is 0 Å². The first-order valence-corrected chi connectivity index (χ1v) is 5.83. The number of rotatable bonds is 6. The molecule has 1 heterocycles. The van der Waals surface area contributed by atoms with E-state index < -0.39 is 24.7 Å². The van der Waals surface area contributed by atoms with Gasteiger partial charge in [-0.1, -0.05) is 0 Å². The first-order chi connectivity index (χ1) is 8.83. The largest absolute Gasteiger partial charge is 0.467 e. The predicted molar refractivity (Wildman–Crippen MR) is 61.3 cm³/mol. The first-order valence-electron chi connectivity index (χ1n) is 5.83. The van der Waals surface area contributed by atoms with Crippen molar-refractivity contribution in [3.63, 3.8) is 0 Å². The summed E-state index contributed by atoms with van der Waals surface area (Å²) < 4.78 is 47.4. The van der Waals surface area contributed by atoms with Gasteiger partial charge in [-0.05, 0) is 26.0 Å². The molecule has 0 aliphatic carbocycles. The highest BCUT2D eigenvalue weighted by atomic mass is 19.4. The van der Waals surface area contributed by atoms with Gasteiger partial charge in [-0.3, -0.25) is 4.79 Å². The molecule has 7 heteroatoms. The van der Waals surface area contributed by atoms with Crippen molar-refractivity contribution < 1.29 is 27.1 Å². The average molecular weight is 279 g/mol. The molecule has 0 fully saturated rings. The molecule has 4 nitrogen and oxygen atoms in total. The van der Waals surface area contributed by atoms with Crippen molar-refractivity contribution in [2.75, 3.05) is 13.2 Å². The Morgan fingerprint density at radius 3 is 2.68 bits per heavy atom. The highest BCUT2D eigenvalue weighted by Crippen LogP contribution is 2.19. The number of hydrogen-bond donors (Lipinski definition) is 0. The predicted octanol–water partition coefficient (Wildman–Crippen LogP) is 2.60. The molecule has 0 radical (unpaired) electrons. The van der Waals surface area contributed by atoms with Crippen LogP contribution >= 0.6 is 0 Å². The Morgan fingerprint density at radius 1 is 1.53 bits per heavy atom. The van der Waals surface area contributed by atoms with E-state index in [1.807, 2.05) is 0 Å². The molecule has 1 atom stereocenters. The van der Waals surface area contributed by atoms with E-state index >= 15 is 0 Å². The van der Waals surface area contributed by atoms with Crippen LogP contribution in [-0.2, 0) is 16.1 Å². The Kier molecular flexibility index (Phi) is 5.41. The van der Waals surface area contributed by atoms with Gasteiger partial charge in [0.2, 0.25) is 0 Å². The first kappa shape index (κ1) is 15.6. The number of nitrogens with zero attached hydrogens (tertiary/aromatic N) is 1. The molecular weight excluding hydrogens is 263 g/mol. The minimum Gasteiger partial charge on any atom is -0.467 e.